The van der Waals surface area contributed by atoms with Crippen LogP contribution in [0.4, 0.5) is 0 Å². The van der Waals surface area contributed by atoms with Crippen LogP contribution in [0.2, 0.25) is 0 Å². The zero-order valence-electron chi connectivity index (χ0n) is 9.03. The molecule has 1 atom stereocenters. The van der Waals surface area contributed by atoms with E-state index in [1.54, 1.807) is 0 Å². The SMILES string of the molecule is Cc1nonc1CNCC1CCCOC1. The summed E-state index contributed by atoms with van der Waals surface area (Å²) in [6, 6.07) is 0. The second-order valence-electron chi connectivity index (χ2n) is 4.01. The molecule has 1 saturated heterocycles. The highest BCUT2D eigenvalue weighted by atomic mass is 16.6. The second kappa shape index (κ2) is 5.23. The van der Waals surface area contributed by atoms with E-state index in [-0.39, 0.29) is 0 Å². The predicted octanol–water partition coefficient (Wildman–Crippen LogP) is 0.894. The third-order valence-electron chi connectivity index (χ3n) is 2.73. The van der Waals surface area contributed by atoms with Gasteiger partial charge in [-0.1, -0.05) is 10.3 Å². The molecule has 84 valence electrons. The molecule has 1 fully saturated rings. The van der Waals surface area contributed by atoms with E-state index in [0.29, 0.717) is 5.92 Å². The van der Waals surface area contributed by atoms with Gasteiger partial charge in [0.05, 0.1) is 6.61 Å². The highest BCUT2D eigenvalue weighted by Gasteiger charge is 2.13. The van der Waals surface area contributed by atoms with Gasteiger partial charge in [-0.2, -0.15) is 0 Å². The molecule has 5 nitrogen and oxygen atoms in total. The number of hydrogen-bond acceptors (Lipinski definition) is 5. The maximum absolute atomic E-state index is 5.41. The number of aromatic nitrogens is 2. The van der Waals surface area contributed by atoms with Gasteiger partial charge in [0.2, 0.25) is 0 Å². The van der Waals surface area contributed by atoms with Crippen molar-refractivity contribution in [2.24, 2.45) is 5.92 Å². The predicted molar refractivity (Wildman–Crippen MR) is 54.3 cm³/mol. The third-order valence-corrected chi connectivity index (χ3v) is 2.73. The summed E-state index contributed by atoms with van der Waals surface area (Å²) in [5.74, 6) is 0.638. The van der Waals surface area contributed by atoms with Crippen LogP contribution in [0.3, 0.4) is 0 Å². The molecule has 1 aromatic rings. The fourth-order valence-corrected chi connectivity index (χ4v) is 1.77. The number of nitrogens with zero attached hydrogens (tertiary/aromatic N) is 2. The van der Waals surface area contributed by atoms with Crippen molar-refractivity contribution < 1.29 is 9.37 Å². The molecule has 2 rings (SSSR count). The minimum atomic E-state index is 0.638. The highest BCUT2D eigenvalue weighted by molar-refractivity contribution is 5.03. The van der Waals surface area contributed by atoms with Gasteiger partial charge in [-0.3, -0.25) is 0 Å². The Morgan fingerprint density at radius 2 is 2.40 bits per heavy atom. The van der Waals surface area contributed by atoms with Crippen LogP contribution >= 0.6 is 0 Å². The molecule has 0 radical (unpaired) electrons. The lowest BCUT2D eigenvalue weighted by Crippen LogP contribution is -2.29. The molecule has 15 heavy (non-hydrogen) atoms. The van der Waals surface area contributed by atoms with Gasteiger partial charge in [-0.15, -0.1) is 0 Å². The Balaban J connectivity index is 1.68. The van der Waals surface area contributed by atoms with Crippen LogP contribution in [0.25, 0.3) is 0 Å². The van der Waals surface area contributed by atoms with Crippen LogP contribution in [0.1, 0.15) is 24.2 Å². The molecule has 0 saturated carbocycles. The van der Waals surface area contributed by atoms with E-state index in [1.807, 2.05) is 6.92 Å². The molecule has 1 aliphatic rings. The lowest BCUT2D eigenvalue weighted by molar-refractivity contribution is 0.0547. The fourth-order valence-electron chi connectivity index (χ4n) is 1.77. The first kappa shape index (κ1) is 10.6. The Morgan fingerprint density at radius 1 is 1.47 bits per heavy atom. The minimum absolute atomic E-state index is 0.638. The zero-order chi connectivity index (χ0) is 10.5. The van der Waals surface area contributed by atoms with E-state index in [2.05, 4.69) is 20.3 Å². The minimum Gasteiger partial charge on any atom is -0.381 e. The number of aryl methyl sites for hydroxylation is 1. The molecule has 1 unspecified atom stereocenters. The summed E-state index contributed by atoms with van der Waals surface area (Å²) in [5.41, 5.74) is 1.76. The van der Waals surface area contributed by atoms with Crippen molar-refractivity contribution in [1.29, 1.82) is 0 Å². The van der Waals surface area contributed by atoms with Crippen LogP contribution in [0.15, 0.2) is 4.63 Å². The maximum atomic E-state index is 5.41. The standard InChI is InChI=1S/C10H17N3O2/c1-8-10(13-15-12-8)6-11-5-9-3-2-4-14-7-9/h9,11H,2-7H2,1H3. The van der Waals surface area contributed by atoms with Crippen LogP contribution in [-0.2, 0) is 11.3 Å². The topological polar surface area (TPSA) is 60.2 Å². The van der Waals surface area contributed by atoms with Crippen molar-refractivity contribution in [3.8, 4) is 0 Å². The van der Waals surface area contributed by atoms with Crippen LogP contribution in [0.5, 0.6) is 0 Å². The summed E-state index contributed by atoms with van der Waals surface area (Å²) < 4.78 is 10.0. The van der Waals surface area contributed by atoms with E-state index >= 15 is 0 Å². The van der Waals surface area contributed by atoms with Gasteiger partial charge in [0.15, 0.2) is 0 Å². The third kappa shape index (κ3) is 3.00. The smallest absolute Gasteiger partial charge is 0.121 e. The van der Waals surface area contributed by atoms with Crippen molar-refractivity contribution in [2.75, 3.05) is 19.8 Å². The average Bonchev–Trinajstić information content (AvgIpc) is 2.66. The van der Waals surface area contributed by atoms with Gasteiger partial charge in [0.25, 0.3) is 0 Å². The summed E-state index contributed by atoms with van der Waals surface area (Å²) in [6.45, 7) is 5.40. The first-order chi connectivity index (χ1) is 7.36. The molecule has 2 heterocycles. The van der Waals surface area contributed by atoms with E-state index in [9.17, 15) is 0 Å². The van der Waals surface area contributed by atoms with Crippen LogP contribution < -0.4 is 5.32 Å². The molecule has 0 aromatic carbocycles. The van der Waals surface area contributed by atoms with Crippen molar-refractivity contribution in [3.63, 3.8) is 0 Å². The molecule has 0 bridgehead atoms. The highest BCUT2D eigenvalue weighted by Crippen LogP contribution is 2.12. The zero-order valence-corrected chi connectivity index (χ0v) is 9.03. The van der Waals surface area contributed by atoms with Crippen molar-refractivity contribution in [3.05, 3.63) is 11.4 Å². The van der Waals surface area contributed by atoms with Crippen molar-refractivity contribution >= 4 is 0 Å². The second-order valence-corrected chi connectivity index (χ2v) is 4.01. The van der Waals surface area contributed by atoms with Gasteiger partial charge in [-0.05, 0) is 25.7 Å². The first-order valence-electron chi connectivity index (χ1n) is 5.43. The van der Waals surface area contributed by atoms with Gasteiger partial charge in [0.1, 0.15) is 11.4 Å². The van der Waals surface area contributed by atoms with Crippen LogP contribution in [0, 0.1) is 12.8 Å². The molecule has 0 spiro atoms. The van der Waals surface area contributed by atoms with Gasteiger partial charge in [-0.25, -0.2) is 4.63 Å². The van der Waals surface area contributed by atoms with E-state index in [4.69, 9.17) is 4.74 Å². The molecule has 1 aliphatic heterocycles. The molecule has 0 amide bonds. The van der Waals surface area contributed by atoms with Crippen LogP contribution in [-0.4, -0.2) is 30.1 Å². The molecule has 5 heteroatoms. The van der Waals surface area contributed by atoms with Crippen molar-refractivity contribution in [1.82, 2.24) is 15.6 Å². The number of ether oxygens (including phenoxy) is 1. The lowest BCUT2D eigenvalue weighted by atomic mass is 10.0. The van der Waals surface area contributed by atoms with Gasteiger partial charge < -0.3 is 10.1 Å². The lowest BCUT2D eigenvalue weighted by Gasteiger charge is -2.21. The summed E-state index contributed by atoms with van der Waals surface area (Å²) in [6.07, 6.45) is 2.43. The van der Waals surface area contributed by atoms with Crippen molar-refractivity contribution in [2.45, 2.75) is 26.3 Å². The number of hydrogen-bond donors (Lipinski definition) is 1. The Bertz CT molecular complexity index is 295. The molecule has 1 N–H and O–H groups in total. The van der Waals surface area contributed by atoms with Gasteiger partial charge >= 0.3 is 0 Å². The summed E-state index contributed by atoms with van der Waals surface area (Å²) in [4.78, 5) is 0. The first-order valence-corrected chi connectivity index (χ1v) is 5.43. The van der Waals surface area contributed by atoms with E-state index < -0.39 is 0 Å². The fraction of sp³-hybridized carbons (Fsp3) is 0.800. The average molecular weight is 211 g/mol. The Labute approximate surface area is 89.1 Å². The summed E-state index contributed by atoms with van der Waals surface area (Å²) >= 11 is 0. The maximum Gasteiger partial charge on any atom is 0.121 e. The quantitative estimate of drug-likeness (QED) is 0.801. The monoisotopic (exact) mass is 211 g/mol. The summed E-state index contributed by atoms with van der Waals surface area (Å²) in [5, 5.41) is 10.9. The number of rotatable bonds is 4. The molecular formula is C10H17N3O2. The molecular weight excluding hydrogens is 194 g/mol. The Morgan fingerprint density at radius 3 is 3.07 bits per heavy atom. The normalized spacial score (nSPS) is 21.8. The Hall–Kier alpha value is -0.940. The summed E-state index contributed by atoms with van der Waals surface area (Å²) in [7, 11) is 0. The van der Waals surface area contributed by atoms with Gasteiger partial charge in [0, 0.05) is 19.7 Å². The molecule has 0 aliphatic carbocycles. The van der Waals surface area contributed by atoms with E-state index in [1.165, 1.54) is 12.8 Å². The molecule has 1 aromatic heterocycles. The number of nitrogens with one attached hydrogen (secondary N) is 1. The largest absolute Gasteiger partial charge is 0.381 e. The van der Waals surface area contributed by atoms with E-state index in [0.717, 1.165) is 37.7 Å². The Kier molecular flexibility index (Phi) is 3.69.